The van der Waals surface area contributed by atoms with E-state index in [0.717, 1.165) is 25.7 Å². The molecule has 1 heterocycles. The van der Waals surface area contributed by atoms with Gasteiger partial charge in [-0.25, -0.2) is 0 Å². The van der Waals surface area contributed by atoms with Gasteiger partial charge in [-0.2, -0.15) is 0 Å². The summed E-state index contributed by atoms with van der Waals surface area (Å²) >= 11 is 0. The Morgan fingerprint density at radius 1 is 1.27 bits per heavy atom. The van der Waals surface area contributed by atoms with E-state index in [4.69, 9.17) is 0 Å². The largest absolute Gasteiger partial charge is 0.341 e. The molecule has 0 radical (unpaired) electrons. The smallest absolute Gasteiger partial charge is 0.161 e. The molecule has 0 bridgehead atoms. The summed E-state index contributed by atoms with van der Waals surface area (Å²) in [5.41, 5.74) is -0.166. The molecule has 1 aliphatic carbocycles. The van der Waals surface area contributed by atoms with Crippen LogP contribution in [0.1, 0.15) is 39.5 Å². The van der Waals surface area contributed by atoms with Gasteiger partial charge in [0.2, 0.25) is 0 Å². The summed E-state index contributed by atoms with van der Waals surface area (Å²) in [5, 5.41) is 0. The molecule has 2 nitrogen and oxygen atoms in total. The molecule has 0 amide bonds. The van der Waals surface area contributed by atoms with E-state index in [9.17, 15) is 4.79 Å². The van der Waals surface area contributed by atoms with Crippen molar-refractivity contribution in [3.05, 3.63) is 24.5 Å². The Morgan fingerprint density at radius 3 is 2.20 bits per heavy atom. The van der Waals surface area contributed by atoms with Crippen LogP contribution in [0.25, 0.3) is 0 Å². The maximum atomic E-state index is 12.4. The first kappa shape index (κ1) is 10.5. The minimum Gasteiger partial charge on any atom is -0.341 e. The van der Waals surface area contributed by atoms with Gasteiger partial charge in [0.25, 0.3) is 0 Å². The molecule has 0 saturated heterocycles. The summed E-state index contributed by atoms with van der Waals surface area (Å²) in [4.78, 5) is 12.4. The van der Waals surface area contributed by atoms with E-state index >= 15 is 0 Å². The molecule has 1 saturated carbocycles. The summed E-state index contributed by atoms with van der Waals surface area (Å²) in [5.74, 6) is 0.693. The standard InChI is InChI=1S/C13H19NO/c1-3-11(4-2)12(15)13(7-8-13)14-9-5-6-10-14/h5-6,9-11H,3-4,7-8H2,1-2H3. The van der Waals surface area contributed by atoms with Gasteiger partial charge in [-0.3, -0.25) is 4.79 Å². The minimum absolute atomic E-state index is 0.166. The topological polar surface area (TPSA) is 22.0 Å². The zero-order valence-corrected chi connectivity index (χ0v) is 9.57. The number of carbonyl (C=O) groups excluding carboxylic acids is 1. The Hall–Kier alpha value is -1.05. The van der Waals surface area contributed by atoms with E-state index in [2.05, 4.69) is 18.4 Å². The highest BCUT2D eigenvalue weighted by atomic mass is 16.1. The number of hydrogen-bond donors (Lipinski definition) is 0. The number of aromatic nitrogens is 1. The number of rotatable bonds is 5. The van der Waals surface area contributed by atoms with Crippen LogP contribution in [0.2, 0.25) is 0 Å². The third-order valence-electron chi connectivity index (χ3n) is 3.64. The molecule has 2 rings (SSSR count). The van der Waals surface area contributed by atoms with Gasteiger partial charge in [-0.05, 0) is 37.8 Å². The second kappa shape index (κ2) is 3.84. The molecular weight excluding hydrogens is 186 g/mol. The molecule has 0 N–H and O–H groups in total. The molecular formula is C13H19NO. The van der Waals surface area contributed by atoms with Gasteiger partial charge in [-0.1, -0.05) is 13.8 Å². The predicted octanol–water partition coefficient (Wildman–Crippen LogP) is 2.98. The Labute approximate surface area is 91.3 Å². The van der Waals surface area contributed by atoms with E-state index in [0.29, 0.717) is 5.78 Å². The van der Waals surface area contributed by atoms with Gasteiger partial charge in [0, 0.05) is 18.3 Å². The second-order valence-electron chi connectivity index (χ2n) is 4.50. The van der Waals surface area contributed by atoms with E-state index in [-0.39, 0.29) is 11.5 Å². The van der Waals surface area contributed by atoms with Crippen molar-refractivity contribution in [3.8, 4) is 0 Å². The van der Waals surface area contributed by atoms with Gasteiger partial charge in [0.05, 0.1) is 0 Å². The molecule has 1 fully saturated rings. The molecule has 0 atom stereocenters. The van der Waals surface area contributed by atoms with Crippen LogP contribution in [0.5, 0.6) is 0 Å². The average Bonchev–Trinajstić information content (AvgIpc) is 2.88. The lowest BCUT2D eigenvalue weighted by Crippen LogP contribution is -2.32. The fourth-order valence-corrected chi connectivity index (χ4v) is 2.41. The van der Waals surface area contributed by atoms with Gasteiger partial charge >= 0.3 is 0 Å². The van der Waals surface area contributed by atoms with Crippen molar-refractivity contribution < 1.29 is 4.79 Å². The molecule has 0 aromatic carbocycles. The first-order chi connectivity index (χ1) is 7.24. The number of carbonyl (C=O) groups is 1. The third kappa shape index (κ3) is 1.62. The zero-order valence-electron chi connectivity index (χ0n) is 9.57. The van der Waals surface area contributed by atoms with Gasteiger partial charge < -0.3 is 4.57 Å². The maximum absolute atomic E-state index is 12.4. The van der Waals surface area contributed by atoms with Crippen molar-refractivity contribution in [1.29, 1.82) is 0 Å². The predicted molar refractivity (Wildman–Crippen MR) is 60.7 cm³/mol. The van der Waals surface area contributed by atoms with Crippen LogP contribution in [-0.4, -0.2) is 10.4 Å². The lowest BCUT2D eigenvalue weighted by atomic mass is 9.91. The molecule has 0 aliphatic heterocycles. The summed E-state index contributed by atoms with van der Waals surface area (Å²) < 4.78 is 2.10. The highest BCUT2D eigenvalue weighted by molar-refractivity contribution is 5.91. The van der Waals surface area contributed by atoms with E-state index in [1.165, 1.54) is 0 Å². The SMILES string of the molecule is CCC(CC)C(=O)C1(n2cccc2)CC1. The first-order valence-corrected chi connectivity index (χ1v) is 5.92. The summed E-state index contributed by atoms with van der Waals surface area (Å²) in [6, 6.07) is 4.00. The van der Waals surface area contributed by atoms with Crippen LogP contribution < -0.4 is 0 Å². The molecule has 82 valence electrons. The normalized spacial score (nSPS) is 18.1. The van der Waals surface area contributed by atoms with Crippen molar-refractivity contribution in [1.82, 2.24) is 4.57 Å². The molecule has 1 aromatic heterocycles. The number of nitrogens with zero attached hydrogens (tertiary/aromatic N) is 1. The Balaban J connectivity index is 2.20. The first-order valence-electron chi connectivity index (χ1n) is 5.92. The number of Topliss-reactive ketones (excluding diaryl/α,β-unsaturated/α-hetero) is 1. The van der Waals surface area contributed by atoms with Crippen LogP contribution in [0, 0.1) is 5.92 Å². The van der Waals surface area contributed by atoms with Crippen LogP contribution >= 0.6 is 0 Å². The summed E-state index contributed by atoms with van der Waals surface area (Å²) in [6.07, 6.45) is 8.03. The van der Waals surface area contributed by atoms with E-state index in [1.54, 1.807) is 0 Å². The van der Waals surface area contributed by atoms with Crippen LogP contribution in [0.3, 0.4) is 0 Å². The summed E-state index contributed by atoms with van der Waals surface area (Å²) in [6.45, 7) is 4.22. The van der Waals surface area contributed by atoms with E-state index < -0.39 is 0 Å². The molecule has 15 heavy (non-hydrogen) atoms. The fourth-order valence-electron chi connectivity index (χ4n) is 2.41. The highest BCUT2D eigenvalue weighted by Crippen LogP contribution is 2.46. The van der Waals surface area contributed by atoms with Crippen molar-refractivity contribution in [2.45, 2.75) is 45.1 Å². The lowest BCUT2D eigenvalue weighted by molar-refractivity contribution is -0.127. The number of hydrogen-bond acceptors (Lipinski definition) is 1. The van der Waals surface area contributed by atoms with Gasteiger partial charge in [0.1, 0.15) is 5.54 Å². The lowest BCUT2D eigenvalue weighted by Gasteiger charge is -2.21. The average molecular weight is 205 g/mol. The molecule has 1 aliphatic rings. The Kier molecular flexibility index (Phi) is 2.68. The van der Waals surface area contributed by atoms with Crippen LogP contribution in [0.4, 0.5) is 0 Å². The van der Waals surface area contributed by atoms with Crippen molar-refractivity contribution in [2.24, 2.45) is 5.92 Å². The third-order valence-corrected chi connectivity index (χ3v) is 3.64. The quantitative estimate of drug-likeness (QED) is 0.724. The van der Waals surface area contributed by atoms with E-state index in [1.807, 2.05) is 24.5 Å². The van der Waals surface area contributed by atoms with Gasteiger partial charge in [0.15, 0.2) is 5.78 Å². The summed E-state index contributed by atoms with van der Waals surface area (Å²) in [7, 11) is 0. The Morgan fingerprint density at radius 2 is 1.80 bits per heavy atom. The van der Waals surface area contributed by atoms with Crippen molar-refractivity contribution >= 4 is 5.78 Å². The second-order valence-corrected chi connectivity index (χ2v) is 4.50. The van der Waals surface area contributed by atoms with Crippen molar-refractivity contribution in [2.75, 3.05) is 0 Å². The Bertz CT molecular complexity index is 331. The molecule has 0 spiro atoms. The number of ketones is 1. The van der Waals surface area contributed by atoms with Crippen LogP contribution in [-0.2, 0) is 10.3 Å². The molecule has 2 heteroatoms. The monoisotopic (exact) mass is 205 g/mol. The van der Waals surface area contributed by atoms with Gasteiger partial charge in [-0.15, -0.1) is 0 Å². The highest BCUT2D eigenvalue weighted by Gasteiger charge is 2.52. The van der Waals surface area contributed by atoms with Crippen molar-refractivity contribution in [3.63, 3.8) is 0 Å². The minimum atomic E-state index is -0.166. The maximum Gasteiger partial charge on any atom is 0.161 e. The molecule has 0 unspecified atom stereocenters. The molecule has 1 aromatic rings. The van der Waals surface area contributed by atoms with Crippen LogP contribution in [0.15, 0.2) is 24.5 Å². The zero-order chi connectivity index (χ0) is 10.9. The fraction of sp³-hybridized carbons (Fsp3) is 0.615.